The number of likely N-dealkylation sites (N-methyl/N-ethyl adjacent to an activating group) is 1. The normalized spacial score (nSPS) is 21.2. The van der Waals surface area contributed by atoms with E-state index in [1.165, 1.54) is 0 Å². The van der Waals surface area contributed by atoms with Gasteiger partial charge < -0.3 is 10.1 Å². The number of piperidine rings is 1. The van der Waals surface area contributed by atoms with E-state index in [2.05, 4.69) is 28.2 Å². The van der Waals surface area contributed by atoms with Crippen LogP contribution in [-0.4, -0.2) is 58.0 Å². The van der Waals surface area contributed by atoms with Crippen LogP contribution in [0.4, 0.5) is 10.1 Å². The van der Waals surface area contributed by atoms with Crippen molar-refractivity contribution >= 4 is 49.9 Å². The quantitative estimate of drug-likeness (QED) is 0.195. The van der Waals surface area contributed by atoms with E-state index >= 15 is 4.39 Å². The van der Waals surface area contributed by atoms with Crippen LogP contribution in [0.5, 0.6) is 5.88 Å². The number of nitrogens with zero attached hydrogens (tertiary/aromatic N) is 6. The van der Waals surface area contributed by atoms with Crippen molar-refractivity contribution in [1.82, 2.24) is 25.0 Å². The zero-order valence-corrected chi connectivity index (χ0v) is 26.0. The molecule has 2 aromatic heterocycles. The molecule has 0 spiro atoms. The SMILES string of the molecule is [C-]#[N+]c1cccc2cccc(-c3c(Cl)cc4c(nc(O[C@@H](C)[C@@H]5CCCN5C)c5cnn([C@H]6CCN[C@H](CC#N)C6)c54)c3F)c12. The first-order valence-electron chi connectivity index (χ1n) is 15.4. The van der Waals surface area contributed by atoms with Gasteiger partial charge in [-0.2, -0.15) is 10.4 Å². The van der Waals surface area contributed by atoms with Gasteiger partial charge in [-0.15, -0.1) is 0 Å². The molecule has 1 N–H and O–H groups in total. The molecule has 0 radical (unpaired) electrons. The van der Waals surface area contributed by atoms with Crippen molar-refractivity contribution in [3.05, 3.63) is 70.9 Å². The number of halogens is 2. The summed E-state index contributed by atoms with van der Waals surface area (Å²) in [7, 11) is 2.10. The number of aromatic nitrogens is 3. The molecule has 4 atom stereocenters. The Morgan fingerprint density at radius 1 is 1.24 bits per heavy atom. The Kier molecular flexibility index (Phi) is 7.79. The van der Waals surface area contributed by atoms with E-state index in [1.807, 2.05) is 35.9 Å². The molecule has 7 rings (SSSR count). The number of hydrogen-bond acceptors (Lipinski definition) is 6. The monoisotopic (exact) mass is 621 g/mol. The third kappa shape index (κ3) is 5.06. The number of rotatable bonds is 6. The van der Waals surface area contributed by atoms with Gasteiger partial charge in [-0.25, -0.2) is 14.2 Å². The maximum absolute atomic E-state index is 17.1. The van der Waals surface area contributed by atoms with E-state index < -0.39 is 5.82 Å². The lowest BCUT2D eigenvalue weighted by Crippen LogP contribution is -2.38. The van der Waals surface area contributed by atoms with Gasteiger partial charge in [0.05, 0.1) is 47.2 Å². The molecule has 2 aliphatic heterocycles. The van der Waals surface area contributed by atoms with E-state index in [4.69, 9.17) is 33.0 Å². The first-order chi connectivity index (χ1) is 21.9. The summed E-state index contributed by atoms with van der Waals surface area (Å²) in [5.74, 6) is -0.228. The molecule has 0 bridgehead atoms. The second-order valence-corrected chi connectivity index (χ2v) is 12.6. The van der Waals surface area contributed by atoms with Crippen molar-refractivity contribution in [3.63, 3.8) is 0 Å². The molecule has 0 aliphatic carbocycles. The van der Waals surface area contributed by atoms with Gasteiger partial charge in [0.25, 0.3) is 0 Å². The Morgan fingerprint density at radius 3 is 2.82 bits per heavy atom. The Labute approximate surface area is 266 Å². The van der Waals surface area contributed by atoms with Gasteiger partial charge in [-0.1, -0.05) is 48.0 Å². The number of nitriles is 1. The number of likely N-dealkylation sites (tertiary alicyclic amines) is 1. The molecule has 0 amide bonds. The number of ether oxygens (including phenoxy) is 1. The summed E-state index contributed by atoms with van der Waals surface area (Å²) in [4.78, 5) is 10.9. The lowest BCUT2D eigenvalue weighted by atomic mass is 9.95. The van der Waals surface area contributed by atoms with Crippen LogP contribution in [-0.2, 0) is 0 Å². The van der Waals surface area contributed by atoms with Crippen molar-refractivity contribution in [3.8, 4) is 23.1 Å². The number of pyridine rings is 1. The van der Waals surface area contributed by atoms with Gasteiger partial charge in [-0.05, 0) is 75.1 Å². The molecule has 10 heteroatoms. The zero-order chi connectivity index (χ0) is 31.2. The minimum atomic E-state index is -0.567. The van der Waals surface area contributed by atoms with Gasteiger partial charge in [-0.3, -0.25) is 9.58 Å². The number of benzene rings is 3. The molecule has 0 unspecified atom stereocenters. The second-order valence-electron chi connectivity index (χ2n) is 12.2. The minimum Gasteiger partial charge on any atom is -0.472 e. The highest BCUT2D eigenvalue weighted by Crippen LogP contribution is 2.44. The highest BCUT2D eigenvalue weighted by molar-refractivity contribution is 6.35. The van der Waals surface area contributed by atoms with Crippen LogP contribution in [0.2, 0.25) is 5.02 Å². The minimum absolute atomic E-state index is 0.000238. The predicted octanol–water partition coefficient (Wildman–Crippen LogP) is 7.82. The van der Waals surface area contributed by atoms with Crippen LogP contribution in [0.15, 0.2) is 48.7 Å². The summed E-state index contributed by atoms with van der Waals surface area (Å²) in [6, 6.07) is 15.3. The Hall–Kier alpha value is -4.28. The van der Waals surface area contributed by atoms with Crippen LogP contribution in [0.25, 0.3) is 48.6 Å². The number of nitrogens with one attached hydrogen (secondary N) is 1. The van der Waals surface area contributed by atoms with Crippen molar-refractivity contribution in [2.24, 2.45) is 0 Å². The highest BCUT2D eigenvalue weighted by Gasteiger charge is 2.31. The molecule has 8 nitrogen and oxygen atoms in total. The summed E-state index contributed by atoms with van der Waals surface area (Å²) >= 11 is 6.98. The summed E-state index contributed by atoms with van der Waals surface area (Å²) in [6.07, 6.45) is 5.63. The molecular formula is C35H33ClFN7O. The first-order valence-corrected chi connectivity index (χ1v) is 15.8. The van der Waals surface area contributed by atoms with Crippen molar-refractivity contribution in [2.75, 3.05) is 20.1 Å². The lowest BCUT2D eigenvalue weighted by molar-refractivity contribution is 0.119. The van der Waals surface area contributed by atoms with Crippen molar-refractivity contribution in [2.45, 2.75) is 63.3 Å². The zero-order valence-electron chi connectivity index (χ0n) is 25.2. The fourth-order valence-electron chi connectivity index (χ4n) is 7.34. The van der Waals surface area contributed by atoms with Gasteiger partial charge in [0.1, 0.15) is 11.6 Å². The largest absolute Gasteiger partial charge is 0.472 e. The van der Waals surface area contributed by atoms with Crippen LogP contribution in [0, 0.1) is 23.7 Å². The van der Waals surface area contributed by atoms with E-state index in [0.29, 0.717) is 39.7 Å². The number of fused-ring (bicyclic) bond motifs is 4. The maximum Gasteiger partial charge on any atom is 0.225 e. The van der Waals surface area contributed by atoms with Gasteiger partial charge in [0, 0.05) is 23.0 Å². The summed E-state index contributed by atoms with van der Waals surface area (Å²) in [5, 5.41) is 20.6. The molecule has 5 aromatic rings. The Bertz CT molecular complexity index is 2020. The Morgan fingerprint density at radius 2 is 2.07 bits per heavy atom. The average molecular weight is 622 g/mol. The number of hydrogen-bond donors (Lipinski definition) is 1. The Balaban J connectivity index is 1.46. The summed E-state index contributed by atoms with van der Waals surface area (Å²) in [6.45, 7) is 11.6. The predicted molar refractivity (Wildman–Crippen MR) is 175 cm³/mol. The van der Waals surface area contributed by atoms with E-state index in [0.717, 1.165) is 49.7 Å². The molecule has 4 heterocycles. The van der Waals surface area contributed by atoms with Crippen LogP contribution in [0.3, 0.4) is 0 Å². The van der Waals surface area contributed by atoms with Crippen molar-refractivity contribution < 1.29 is 9.13 Å². The van der Waals surface area contributed by atoms with Gasteiger partial charge >= 0.3 is 0 Å². The van der Waals surface area contributed by atoms with Crippen LogP contribution in [0.1, 0.15) is 45.1 Å². The molecule has 0 saturated carbocycles. The summed E-state index contributed by atoms with van der Waals surface area (Å²) in [5.41, 5.74) is 2.04. The smallest absolute Gasteiger partial charge is 0.225 e. The third-order valence-corrected chi connectivity index (χ3v) is 9.82. The fraction of sp³-hybridized carbons (Fsp3) is 0.371. The molecule has 2 fully saturated rings. The molecule has 2 saturated heterocycles. The second kappa shape index (κ2) is 11.9. The van der Waals surface area contributed by atoms with Crippen LogP contribution >= 0.6 is 11.6 Å². The standard InChI is InChI=1S/C35H33ClFN7O/c1-20(29-11-6-16-43(29)3)45-35-26-19-41-44(23-13-15-40-22(17-23)12-14-38)34(26)25-18-27(36)31(32(37)33(25)42-35)24-9-4-7-21-8-5-10-28(39-2)30(21)24/h4-5,7-10,18-20,22-23,29,40H,6,11-13,15-17H2,1,3H3/t20-,22+,23-,29-/m0/s1. The molecular weight excluding hydrogens is 589 g/mol. The lowest BCUT2D eigenvalue weighted by Gasteiger charge is -2.30. The topological polar surface area (TPSA) is 83.4 Å². The van der Waals surface area contributed by atoms with Crippen LogP contribution < -0.4 is 10.1 Å². The fourth-order valence-corrected chi connectivity index (χ4v) is 7.63. The van der Waals surface area contributed by atoms with E-state index in [1.54, 1.807) is 24.4 Å². The molecule has 2 aliphatic rings. The van der Waals surface area contributed by atoms with E-state index in [-0.39, 0.29) is 40.3 Å². The third-order valence-electron chi connectivity index (χ3n) is 9.53. The maximum atomic E-state index is 17.1. The summed E-state index contributed by atoms with van der Waals surface area (Å²) < 4.78 is 25.6. The van der Waals surface area contributed by atoms with E-state index in [9.17, 15) is 5.26 Å². The first kappa shape index (κ1) is 29.4. The van der Waals surface area contributed by atoms with Crippen molar-refractivity contribution in [1.29, 1.82) is 5.26 Å². The van der Waals surface area contributed by atoms with Gasteiger partial charge in [0.15, 0.2) is 11.5 Å². The van der Waals surface area contributed by atoms with Gasteiger partial charge in [0.2, 0.25) is 5.88 Å². The molecule has 3 aromatic carbocycles. The average Bonchev–Trinajstić information content (AvgIpc) is 3.69. The molecule has 45 heavy (non-hydrogen) atoms. The molecule has 228 valence electrons. The highest BCUT2D eigenvalue weighted by atomic mass is 35.5.